The Bertz CT molecular complexity index is 355. The van der Waals surface area contributed by atoms with Gasteiger partial charge in [0.15, 0.2) is 0 Å². The van der Waals surface area contributed by atoms with E-state index in [9.17, 15) is 4.79 Å². The van der Waals surface area contributed by atoms with E-state index in [1.54, 1.807) is 25.3 Å². The third-order valence-corrected chi connectivity index (χ3v) is 2.89. The maximum Gasteiger partial charge on any atom is 0.252 e. The van der Waals surface area contributed by atoms with Gasteiger partial charge < -0.3 is 10.1 Å². The molecule has 1 aromatic carbocycles. The van der Waals surface area contributed by atoms with E-state index < -0.39 is 0 Å². The molecule has 0 saturated carbocycles. The number of methoxy groups -OCH3 is 1. The Morgan fingerprint density at radius 1 is 1.53 bits per heavy atom. The third-order valence-electron chi connectivity index (χ3n) is 1.80. The van der Waals surface area contributed by atoms with E-state index in [1.807, 2.05) is 0 Å². The van der Waals surface area contributed by atoms with E-state index >= 15 is 0 Å². The molecule has 1 rings (SSSR count). The second kappa shape index (κ2) is 6.12. The fourth-order valence-corrected chi connectivity index (χ4v) is 1.69. The van der Waals surface area contributed by atoms with Crippen molar-refractivity contribution < 1.29 is 9.53 Å². The first-order valence-electron chi connectivity index (χ1n) is 4.36. The lowest BCUT2D eigenvalue weighted by molar-refractivity contribution is 0.0955. The van der Waals surface area contributed by atoms with Crippen LogP contribution in [0.2, 0.25) is 0 Å². The number of benzene rings is 1. The van der Waals surface area contributed by atoms with E-state index in [4.69, 9.17) is 4.74 Å². The van der Waals surface area contributed by atoms with Crippen molar-refractivity contribution >= 4 is 37.8 Å². The molecule has 0 bridgehead atoms. The van der Waals surface area contributed by atoms with Crippen molar-refractivity contribution in [2.24, 2.45) is 0 Å². The molecule has 0 radical (unpaired) electrons. The minimum atomic E-state index is -0.111. The number of carbonyl (C=O) groups excluding carboxylic acids is 1. The Balaban J connectivity index is 2.86. The molecule has 1 aromatic rings. The van der Waals surface area contributed by atoms with Crippen LogP contribution in [0.25, 0.3) is 0 Å². The average Bonchev–Trinajstić information content (AvgIpc) is 2.26. The molecule has 1 amide bonds. The zero-order chi connectivity index (χ0) is 11.3. The normalized spacial score (nSPS) is 9.80. The second-order valence-electron chi connectivity index (χ2n) is 2.79. The standard InChI is InChI=1S/C10H11Br2NO2/c1-15-7-2-3-9(12)8(6-7)10(14)13-5-4-11/h2-3,6H,4-5H2,1H3,(H,13,14). The number of carbonyl (C=O) groups is 1. The minimum absolute atomic E-state index is 0.111. The molecular formula is C10H11Br2NO2. The van der Waals surface area contributed by atoms with Crippen molar-refractivity contribution in [2.45, 2.75) is 0 Å². The molecule has 82 valence electrons. The molecule has 3 nitrogen and oxygen atoms in total. The summed E-state index contributed by atoms with van der Waals surface area (Å²) < 4.78 is 5.81. The molecule has 15 heavy (non-hydrogen) atoms. The quantitative estimate of drug-likeness (QED) is 0.858. The van der Waals surface area contributed by atoms with Gasteiger partial charge in [-0.1, -0.05) is 15.9 Å². The molecule has 0 fully saturated rings. The lowest BCUT2D eigenvalue weighted by atomic mass is 10.2. The van der Waals surface area contributed by atoms with Gasteiger partial charge in [-0.2, -0.15) is 0 Å². The zero-order valence-electron chi connectivity index (χ0n) is 8.22. The number of alkyl halides is 1. The maximum atomic E-state index is 11.7. The Kier molecular flexibility index (Phi) is 5.11. The summed E-state index contributed by atoms with van der Waals surface area (Å²) in [5.74, 6) is 0.558. The van der Waals surface area contributed by atoms with E-state index in [0.717, 1.165) is 9.80 Å². The van der Waals surface area contributed by atoms with Crippen LogP contribution in [0.3, 0.4) is 0 Å². The topological polar surface area (TPSA) is 38.3 Å². The number of nitrogens with one attached hydrogen (secondary N) is 1. The maximum absolute atomic E-state index is 11.7. The number of amides is 1. The van der Waals surface area contributed by atoms with Crippen molar-refractivity contribution in [1.82, 2.24) is 5.32 Å². The molecule has 5 heteroatoms. The Labute approximate surface area is 105 Å². The Morgan fingerprint density at radius 2 is 2.27 bits per heavy atom. The SMILES string of the molecule is COc1ccc(Br)c(C(=O)NCCBr)c1. The highest BCUT2D eigenvalue weighted by Crippen LogP contribution is 2.22. The van der Waals surface area contributed by atoms with Gasteiger partial charge in [-0.3, -0.25) is 4.79 Å². The Morgan fingerprint density at radius 3 is 2.87 bits per heavy atom. The van der Waals surface area contributed by atoms with Crippen LogP contribution in [0.15, 0.2) is 22.7 Å². The predicted molar refractivity (Wildman–Crippen MR) is 66.8 cm³/mol. The highest BCUT2D eigenvalue weighted by Gasteiger charge is 2.10. The van der Waals surface area contributed by atoms with Crippen LogP contribution in [0.1, 0.15) is 10.4 Å². The summed E-state index contributed by atoms with van der Waals surface area (Å²) in [7, 11) is 1.57. The number of halogens is 2. The highest BCUT2D eigenvalue weighted by molar-refractivity contribution is 9.10. The van der Waals surface area contributed by atoms with Crippen molar-refractivity contribution in [3.63, 3.8) is 0 Å². The first kappa shape index (κ1) is 12.5. The van der Waals surface area contributed by atoms with Crippen LogP contribution in [0.5, 0.6) is 5.75 Å². The van der Waals surface area contributed by atoms with Gasteiger partial charge in [-0.05, 0) is 34.1 Å². The molecule has 0 atom stereocenters. The lowest BCUT2D eigenvalue weighted by Crippen LogP contribution is -2.25. The summed E-state index contributed by atoms with van der Waals surface area (Å²) in [5.41, 5.74) is 0.579. The number of hydrogen-bond donors (Lipinski definition) is 1. The van der Waals surface area contributed by atoms with Gasteiger partial charge in [-0.25, -0.2) is 0 Å². The average molecular weight is 337 g/mol. The first-order valence-corrected chi connectivity index (χ1v) is 6.28. The fraction of sp³-hybridized carbons (Fsp3) is 0.300. The van der Waals surface area contributed by atoms with Crippen LogP contribution < -0.4 is 10.1 Å². The minimum Gasteiger partial charge on any atom is -0.497 e. The van der Waals surface area contributed by atoms with Gasteiger partial charge in [0.25, 0.3) is 5.91 Å². The summed E-state index contributed by atoms with van der Waals surface area (Å²) in [4.78, 5) is 11.7. The molecule has 0 heterocycles. The number of rotatable bonds is 4. The van der Waals surface area contributed by atoms with Crippen LogP contribution in [-0.2, 0) is 0 Å². The molecule has 0 spiro atoms. The first-order chi connectivity index (χ1) is 7.19. The lowest BCUT2D eigenvalue weighted by Gasteiger charge is -2.07. The van der Waals surface area contributed by atoms with Gasteiger partial charge in [0.1, 0.15) is 5.75 Å². The predicted octanol–water partition coefficient (Wildman–Crippen LogP) is 2.58. The van der Waals surface area contributed by atoms with Crippen LogP contribution in [0.4, 0.5) is 0 Å². The molecule has 1 N–H and O–H groups in total. The monoisotopic (exact) mass is 335 g/mol. The van der Waals surface area contributed by atoms with E-state index in [0.29, 0.717) is 17.9 Å². The third kappa shape index (κ3) is 3.50. The summed E-state index contributed by atoms with van der Waals surface area (Å²) in [6, 6.07) is 5.29. The van der Waals surface area contributed by atoms with Crippen molar-refractivity contribution in [3.05, 3.63) is 28.2 Å². The van der Waals surface area contributed by atoms with E-state index in [-0.39, 0.29) is 5.91 Å². The molecule has 0 aliphatic heterocycles. The highest BCUT2D eigenvalue weighted by atomic mass is 79.9. The van der Waals surface area contributed by atoms with Crippen LogP contribution in [0, 0.1) is 0 Å². The molecule has 0 saturated heterocycles. The summed E-state index contributed by atoms with van der Waals surface area (Å²) in [5, 5.41) is 3.51. The number of ether oxygens (including phenoxy) is 1. The van der Waals surface area contributed by atoms with Crippen LogP contribution in [-0.4, -0.2) is 24.9 Å². The van der Waals surface area contributed by atoms with Crippen LogP contribution >= 0.6 is 31.9 Å². The van der Waals surface area contributed by atoms with E-state index in [1.165, 1.54) is 0 Å². The van der Waals surface area contributed by atoms with Crippen molar-refractivity contribution in [2.75, 3.05) is 19.0 Å². The molecular weight excluding hydrogens is 326 g/mol. The zero-order valence-corrected chi connectivity index (χ0v) is 11.4. The van der Waals surface area contributed by atoms with Gasteiger partial charge in [0.2, 0.25) is 0 Å². The summed E-state index contributed by atoms with van der Waals surface area (Å²) in [6.45, 7) is 0.600. The molecule has 0 aliphatic rings. The van der Waals surface area contributed by atoms with Gasteiger partial charge in [0, 0.05) is 16.3 Å². The fourth-order valence-electron chi connectivity index (χ4n) is 1.06. The molecule has 0 aliphatic carbocycles. The van der Waals surface area contributed by atoms with Gasteiger partial charge >= 0.3 is 0 Å². The smallest absolute Gasteiger partial charge is 0.252 e. The Hall–Kier alpha value is -0.550. The summed E-state index contributed by atoms with van der Waals surface area (Å²) in [6.07, 6.45) is 0. The van der Waals surface area contributed by atoms with E-state index in [2.05, 4.69) is 37.2 Å². The summed E-state index contributed by atoms with van der Waals surface area (Å²) >= 11 is 6.57. The van der Waals surface area contributed by atoms with Gasteiger partial charge in [-0.15, -0.1) is 0 Å². The van der Waals surface area contributed by atoms with Gasteiger partial charge in [0.05, 0.1) is 12.7 Å². The largest absolute Gasteiger partial charge is 0.497 e. The molecule has 0 aromatic heterocycles. The second-order valence-corrected chi connectivity index (χ2v) is 4.44. The van der Waals surface area contributed by atoms with Crippen molar-refractivity contribution in [3.8, 4) is 5.75 Å². The molecule has 0 unspecified atom stereocenters. The number of hydrogen-bond acceptors (Lipinski definition) is 2. The van der Waals surface area contributed by atoms with Crippen molar-refractivity contribution in [1.29, 1.82) is 0 Å².